The zero-order valence-electron chi connectivity index (χ0n) is 15.9. The zero-order valence-corrected chi connectivity index (χ0v) is 16.7. The number of oxazole rings is 1. The molecule has 0 aliphatic rings. The molecule has 5 nitrogen and oxygen atoms in total. The molecule has 0 radical (unpaired) electrons. The number of carbonyl (C=O) groups is 2. The topological polar surface area (TPSA) is 69.4 Å². The molecule has 0 unspecified atom stereocenters. The highest BCUT2D eigenvalue weighted by molar-refractivity contribution is 8.08. The molecule has 0 aliphatic carbocycles. The van der Waals surface area contributed by atoms with Crippen LogP contribution < -0.4 is 0 Å². The average molecular weight is 403 g/mol. The number of hydrogen-bond donors (Lipinski definition) is 0. The Morgan fingerprint density at radius 2 is 2.04 bits per heavy atom. The molecule has 7 heteroatoms. The number of aromatic nitrogens is 1. The minimum atomic E-state index is -0.420. The van der Waals surface area contributed by atoms with Crippen molar-refractivity contribution in [1.82, 2.24) is 4.98 Å². The van der Waals surface area contributed by atoms with Crippen molar-refractivity contribution in [2.24, 2.45) is 0 Å². The van der Waals surface area contributed by atoms with Gasteiger partial charge < -0.3 is 9.15 Å². The van der Waals surface area contributed by atoms with E-state index in [0.29, 0.717) is 35.0 Å². The lowest BCUT2D eigenvalue weighted by Gasteiger charge is -2.05. The number of ketones is 1. The van der Waals surface area contributed by atoms with Crippen LogP contribution in [0.1, 0.15) is 31.7 Å². The summed E-state index contributed by atoms with van der Waals surface area (Å²) in [6.45, 7) is 7.41. The molecule has 2 rings (SSSR count). The molecule has 1 aromatic carbocycles. The number of esters is 1. The first-order valence-electron chi connectivity index (χ1n) is 8.81. The lowest BCUT2D eigenvalue weighted by molar-refractivity contribution is -0.142. The van der Waals surface area contributed by atoms with Crippen molar-refractivity contribution < 1.29 is 23.1 Å². The molecule has 0 atom stereocenters. The third kappa shape index (κ3) is 6.20. The van der Waals surface area contributed by atoms with Crippen molar-refractivity contribution in [1.29, 1.82) is 0 Å². The maximum absolute atomic E-state index is 13.2. The second kappa shape index (κ2) is 10.6. The van der Waals surface area contributed by atoms with Gasteiger partial charge in [0, 0.05) is 5.56 Å². The van der Waals surface area contributed by atoms with Gasteiger partial charge in [-0.1, -0.05) is 19.6 Å². The molecule has 0 N–H and O–H groups in total. The predicted octanol–water partition coefficient (Wildman–Crippen LogP) is 4.83. The van der Waals surface area contributed by atoms with Gasteiger partial charge >= 0.3 is 5.97 Å². The SMILES string of the molecule is C=C/C=C(\SCC(C)=O)c1oc(-c2ccc(F)cc2)nc1CC(=O)OCCC. The van der Waals surface area contributed by atoms with E-state index in [4.69, 9.17) is 9.15 Å². The molecule has 0 spiro atoms. The van der Waals surface area contributed by atoms with Crippen LogP contribution >= 0.6 is 11.8 Å². The summed E-state index contributed by atoms with van der Waals surface area (Å²) in [5.74, 6) is 0.0823. The summed E-state index contributed by atoms with van der Waals surface area (Å²) in [6, 6.07) is 5.70. The van der Waals surface area contributed by atoms with Crippen LogP contribution in [0.3, 0.4) is 0 Å². The van der Waals surface area contributed by atoms with E-state index in [2.05, 4.69) is 11.6 Å². The van der Waals surface area contributed by atoms with Crippen molar-refractivity contribution in [3.63, 3.8) is 0 Å². The van der Waals surface area contributed by atoms with Gasteiger partial charge in [-0.3, -0.25) is 9.59 Å². The minimum absolute atomic E-state index is 0.00198. The molecule has 0 aliphatic heterocycles. The Kier molecular flexibility index (Phi) is 8.19. The molecular formula is C21H22FNO4S. The normalized spacial score (nSPS) is 11.3. The number of hydrogen-bond acceptors (Lipinski definition) is 6. The Labute approximate surface area is 167 Å². The Hall–Kier alpha value is -2.67. The number of ether oxygens (including phenoxy) is 1. The molecule has 28 heavy (non-hydrogen) atoms. The molecule has 0 saturated carbocycles. The Balaban J connectivity index is 2.42. The first-order valence-corrected chi connectivity index (χ1v) is 9.79. The highest BCUT2D eigenvalue weighted by atomic mass is 32.2. The third-order valence-electron chi connectivity index (χ3n) is 3.49. The van der Waals surface area contributed by atoms with E-state index in [1.54, 1.807) is 24.3 Å². The van der Waals surface area contributed by atoms with Crippen molar-refractivity contribution in [2.75, 3.05) is 12.4 Å². The fourth-order valence-electron chi connectivity index (χ4n) is 2.26. The summed E-state index contributed by atoms with van der Waals surface area (Å²) >= 11 is 1.27. The van der Waals surface area contributed by atoms with E-state index >= 15 is 0 Å². The highest BCUT2D eigenvalue weighted by Crippen LogP contribution is 2.34. The quantitative estimate of drug-likeness (QED) is 0.418. The third-order valence-corrected chi connectivity index (χ3v) is 4.67. The standard InChI is InChI=1S/C21H22FNO4S/c1-4-6-18(28-13-14(3)24)20-17(12-19(25)26-11-5-2)23-21(27-20)15-7-9-16(22)10-8-15/h4,6-10H,1,5,11-13H2,2-3H3/b18-6-. The predicted molar refractivity (Wildman–Crippen MR) is 108 cm³/mol. The number of allylic oxidation sites excluding steroid dienone is 2. The molecule has 2 aromatic rings. The lowest BCUT2D eigenvalue weighted by atomic mass is 10.2. The van der Waals surface area contributed by atoms with E-state index in [1.165, 1.54) is 30.8 Å². The van der Waals surface area contributed by atoms with Gasteiger partial charge in [0.1, 0.15) is 11.6 Å². The second-order valence-electron chi connectivity index (χ2n) is 5.96. The number of Topliss-reactive ketones (excluding diaryl/α,β-unsaturated/α-hetero) is 1. The molecule has 0 bridgehead atoms. The lowest BCUT2D eigenvalue weighted by Crippen LogP contribution is -2.10. The largest absolute Gasteiger partial charge is 0.465 e. The fourth-order valence-corrected chi connectivity index (χ4v) is 3.10. The zero-order chi connectivity index (χ0) is 20.5. The molecule has 1 aromatic heterocycles. The van der Waals surface area contributed by atoms with Crippen molar-refractivity contribution in [3.8, 4) is 11.5 Å². The van der Waals surface area contributed by atoms with Crippen LogP contribution in [0.2, 0.25) is 0 Å². The summed E-state index contributed by atoms with van der Waals surface area (Å²) in [4.78, 5) is 28.6. The van der Waals surface area contributed by atoms with Gasteiger partial charge in [-0.15, -0.1) is 11.8 Å². The summed E-state index contributed by atoms with van der Waals surface area (Å²) in [5, 5.41) is 0. The summed E-state index contributed by atoms with van der Waals surface area (Å²) < 4.78 is 24.3. The smallest absolute Gasteiger partial charge is 0.312 e. The molecule has 1 heterocycles. The van der Waals surface area contributed by atoms with Crippen LogP contribution in [-0.2, 0) is 20.7 Å². The molecule has 0 saturated heterocycles. The van der Waals surface area contributed by atoms with Gasteiger partial charge in [0.15, 0.2) is 5.76 Å². The molecule has 0 fully saturated rings. The van der Waals surface area contributed by atoms with E-state index in [-0.39, 0.29) is 29.7 Å². The molecule has 0 amide bonds. The van der Waals surface area contributed by atoms with Crippen molar-refractivity contribution in [2.45, 2.75) is 26.7 Å². The maximum atomic E-state index is 13.2. The van der Waals surface area contributed by atoms with Crippen LogP contribution in [0, 0.1) is 5.82 Å². The van der Waals surface area contributed by atoms with Crippen LogP contribution in [0.25, 0.3) is 16.4 Å². The Morgan fingerprint density at radius 1 is 1.32 bits per heavy atom. The van der Waals surface area contributed by atoms with Crippen LogP contribution in [0.5, 0.6) is 0 Å². The minimum Gasteiger partial charge on any atom is -0.465 e. The van der Waals surface area contributed by atoms with Gasteiger partial charge in [0.2, 0.25) is 5.89 Å². The number of carbonyl (C=O) groups excluding carboxylic acids is 2. The second-order valence-corrected chi connectivity index (χ2v) is 6.97. The first-order chi connectivity index (χ1) is 13.4. The number of halogens is 1. The van der Waals surface area contributed by atoms with Crippen LogP contribution in [0.4, 0.5) is 4.39 Å². The molecular weight excluding hydrogens is 381 g/mol. The van der Waals surface area contributed by atoms with E-state index in [9.17, 15) is 14.0 Å². The first kappa shape index (κ1) is 21.6. The van der Waals surface area contributed by atoms with Gasteiger partial charge in [-0.05, 0) is 43.7 Å². The number of rotatable bonds is 10. The van der Waals surface area contributed by atoms with Crippen molar-refractivity contribution in [3.05, 3.63) is 60.3 Å². The van der Waals surface area contributed by atoms with Crippen LogP contribution in [-0.4, -0.2) is 29.1 Å². The van der Waals surface area contributed by atoms with Crippen molar-refractivity contribution >= 4 is 28.4 Å². The monoisotopic (exact) mass is 403 g/mol. The van der Waals surface area contributed by atoms with Gasteiger partial charge in [-0.25, -0.2) is 9.37 Å². The number of benzene rings is 1. The van der Waals surface area contributed by atoms with Gasteiger partial charge in [-0.2, -0.15) is 0 Å². The van der Waals surface area contributed by atoms with Gasteiger partial charge in [0.25, 0.3) is 0 Å². The summed E-state index contributed by atoms with van der Waals surface area (Å²) in [7, 11) is 0. The highest BCUT2D eigenvalue weighted by Gasteiger charge is 2.21. The Bertz CT molecular complexity index is 871. The van der Waals surface area contributed by atoms with Gasteiger partial charge in [0.05, 0.1) is 29.4 Å². The van der Waals surface area contributed by atoms with Crippen LogP contribution in [0.15, 0.2) is 47.4 Å². The number of nitrogens with zero attached hydrogens (tertiary/aromatic N) is 1. The fraction of sp³-hybridized carbons (Fsp3) is 0.286. The summed E-state index contributed by atoms with van der Waals surface area (Å²) in [6.07, 6.45) is 3.91. The summed E-state index contributed by atoms with van der Waals surface area (Å²) in [5.41, 5.74) is 0.968. The maximum Gasteiger partial charge on any atom is 0.312 e. The van der Waals surface area contributed by atoms with E-state index in [1.807, 2.05) is 6.92 Å². The average Bonchev–Trinajstić information content (AvgIpc) is 3.07. The molecule has 148 valence electrons. The van der Waals surface area contributed by atoms with E-state index < -0.39 is 5.97 Å². The van der Waals surface area contributed by atoms with E-state index in [0.717, 1.165) is 0 Å². The Morgan fingerprint density at radius 3 is 2.64 bits per heavy atom. The number of thioether (sulfide) groups is 1.